The van der Waals surface area contributed by atoms with Gasteiger partial charge in [0.2, 0.25) is 0 Å². The van der Waals surface area contributed by atoms with E-state index in [1.807, 2.05) is 49.6 Å². The van der Waals surface area contributed by atoms with Gasteiger partial charge >= 0.3 is 16.8 Å². The van der Waals surface area contributed by atoms with Gasteiger partial charge in [0, 0.05) is 82.5 Å². The van der Waals surface area contributed by atoms with E-state index in [2.05, 4.69) is 68.5 Å². The fraction of sp³-hybridized carbons (Fsp3) is 0.130. The molecule has 0 fully saturated rings. The third kappa shape index (κ3) is 18.8. The average Bonchev–Trinajstić information content (AvgIpc) is 3.25. The summed E-state index contributed by atoms with van der Waals surface area (Å²) in [7, 11) is -8.90. The topological polar surface area (TPSA) is 350 Å². The van der Waals surface area contributed by atoms with Crippen LogP contribution in [0.15, 0.2) is 181 Å². The van der Waals surface area contributed by atoms with Crippen LogP contribution < -0.4 is 11.5 Å². The number of aromatic nitrogens is 4. The molecule has 16 N–H and O–H groups in total. The normalized spacial score (nSPS) is 10.1. The first-order valence-electron chi connectivity index (χ1n) is 18.9. The Kier molecular flexibility index (Phi) is 26.5. The molecule has 0 saturated heterocycles. The SMILES string of the molecule is Nc1ccc(S(=O)(=O)[O-])c2ccccc12.Nc1ccc(S(=O)(=O)[O-])c2ccccc12.[Co+2].[OH3+].[OH3+].[OH3+].[OH3+].c1cc(CCCc2ccncc2)ccn1.c1cc(CCCc2ccncc2)ccn1. The molecule has 8 rings (SSSR count). The minimum absolute atomic E-state index is 0. The molecule has 347 valence electrons. The number of hydrogen-bond donors (Lipinski definition) is 2. The van der Waals surface area contributed by atoms with Crippen LogP contribution in [0.1, 0.15) is 35.1 Å². The molecule has 16 nitrogen and oxygen atoms in total. The van der Waals surface area contributed by atoms with Crippen LogP contribution in [0.5, 0.6) is 0 Å². The van der Waals surface area contributed by atoms with Crippen molar-refractivity contribution in [3.8, 4) is 0 Å². The molecule has 0 aliphatic heterocycles. The Morgan fingerprint density at radius 3 is 0.831 bits per heavy atom. The van der Waals surface area contributed by atoms with Crippen LogP contribution in [0.3, 0.4) is 0 Å². The van der Waals surface area contributed by atoms with Gasteiger partial charge in [0.15, 0.2) is 0 Å². The van der Waals surface area contributed by atoms with E-state index < -0.39 is 20.2 Å². The largest absolute Gasteiger partial charge is 2.00 e. The maximum absolute atomic E-state index is 11.0. The molecule has 4 heterocycles. The van der Waals surface area contributed by atoms with Crippen molar-refractivity contribution in [1.29, 1.82) is 0 Å². The fourth-order valence-corrected chi connectivity index (χ4v) is 7.58. The Bertz CT molecular complexity index is 2530. The molecule has 8 aromatic rings. The first-order valence-corrected chi connectivity index (χ1v) is 21.7. The minimum atomic E-state index is -4.45. The van der Waals surface area contributed by atoms with E-state index in [9.17, 15) is 25.9 Å². The van der Waals surface area contributed by atoms with Gasteiger partial charge < -0.3 is 42.5 Å². The van der Waals surface area contributed by atoms with Gasteiger partial charge in [-0.05, 0) is 134 Å². The fourth-order valence-electron chi connectivity index (χ4n) is 6.22. The Hall–Kier alpha value is -6.23. The minimum Gasteiger partial charge on any atom is -0.744 e. The average molecular weight is 976 g/mol. The molecule has 19 heteroatoms. The summed E-state index contributed by atoms with van der Waals surface area (Å²) < 4.78 is 65.8. The summed E-state index contributed by atoms with van der Waals surface area (Å²) in [4.78, 5) is 15.6. The van der Waals surface area contributed by atoms with Gasteiger partial charge in [-0.1, -0.05) is 48.5 Å². The summed E-state index contributed by atoms with van der Waals surface area (Å²) in [6, 6.07) is 35.2. The van der Waals surface area contributed by atoms with Crippen molar-refractivity contribution in [2.45, 2.75) is 48.3 Å². The van der Waals surface area contributed by atoms with Crippen molar-refractivity contribution in [3.05, 3.63) is 193 Å². The zero-order valence-electron chi connectivity index (χ0n) is 35.3. The zero-order valence-corrected chi connectivity index (χ0v) is 37.9. The maximum atomic E-state index is 11.0. The van der Waals surface area contributed by atoms with Crippen LogP contribution in [0.25, 0.3) is 21.5 Å². The number of nitrogens with zero attached hydrogens (tertiary/aromatic N) is 4. The number of rotatable bonds is 10. The molecule has 0 amide bonds. The van der Waals surface area contributed by atoms with Gasteiger partial charge in [-0.3, -0.25) is 19.9 Å². The first kappa shape index (κ1) is 58.8. The molecule has 4 aromatic heterocycles. The summed E-state index contributed by atoms with van der Waals surface area (Å²) in [6.07, 6.45) is 21.6. The molecule has 0 spiro atoms. The number of nitrogen functional groups attached to an aromatic ring is 2. The summed E-state index contributed by atoms with van der Waals surface area (Å²) >= 11 is 0. The van der Waals surface area contributed by atoms with Gasteiger partial charge in [-0.2, -0.15) is 0 Å². The van der Waals surface area contributed by atoms with Gasteiger partial charge in [-0.15, -0.1) is 0 Å². The molecule has 0 bridgehead atoms. The second-order valence-electron chi connectivity index (χ2n) is 13.4. The van der Waals surface area contributed by atoms with Crippen molar-refractivity contribution in [1.82, 2.24) is 19.9 Å². The molecule has 0 atom stereocenters. The number of benzene rings is 4. The maximum Gasteiger partial charge on any atom is 2.00 e. The van der Waals surface area contributed by atoms with Crippen LogP contribution in [-0.2, 0) is 84.6 Å². The molecule has 0 unspecified atom stereocenters. The second kappa shape index (κ2) is 29.3. The molecule has 1 radical (unpaired) electrons. The van der Waals surface area contributed by atoms with E-state index in [4.69, 9.17) is 11.5 Å². The van der Waals surface area contributed by atoms with Gasteiger partial charge in [0.05, 0.1) is 9.79 Å². The van der Waals surface area contributed by atoms with Crippen LogP contribution in [0.2, 0.25) is 0 Å². The Labute approximate surface area is 388 Å². The quantitative estimate of drug-likeness (QED) is 0.110. The number of nitrogens with two attached hydrogens (primary N) is 2. The zero-order chi connectivity index (χ0) is 42.8. The number of aryl methyl sites for hydroxylation is 4. The number of fused-ring (bicyclic) bond motifs is 2. The monoisotopic (exact) mass is 975 g/mol. The Morgan fingerprint density at radius 1 is 0.369 bits per heavy atom. The first-order chi connectivity index (χ1) is 28.9. The van der Waals surface area contributed by atoms with E-state index in [1.165, 1.54) is 59.4 Å². The van der Waals surface area contributed by atoms with Crippen LogP contribution in [-0.4, -0.2) is 45.9 Å². The van der Waals surface area contributed by atoms with E-state index in [0.717, 1.165) is 25.7 Å². The van der Waals surface area contributed by atoms with Crippen LogP contribution in [0, 0.1) is 0 Å². The number of hydrogen-bond acceptors (Lipinski definition) is 12. The van der Waals surface area contributed by atoms with Crippen molar-refractivity contribution < 1.29 is 64.6 Å². The van der Waals surface area contributed by atoms with Crippen LogP contribution >= 0.6 is 0 Å². The molecule has 0 saturated carbocycles. The predicted octanol–water partition coefficient (Wildman–Crippen LogP) is 4.27. The molecule has 0 aliphatic carbocycles. The molecular formula is C46H56CoN6O10S2+4. The molecule has 0 aliphatic rings. The molecule has 65 heavy (non-hydrogen) atoms. The summed E-state index contributed by atoms with van der Waals surface area (Å²) in [6.45, 7) is 0. The predicted molar refractivity (Wildman–Crippen MR) is 253 cm³/mol. The summed E-state index contributed by atoms with van der Waals surface area (Å²) in [5.74, 6) is 0. The van der Waals surface area contributed by atoms with Crippen molar-refractivity contribution in [3.63, 3.8) is 0 Å². The van der Waals surface area contributed by atoms with E-state index in [1.54, 1.807) is 48.5 Å². The van der Waals surface area contributed by atoms with E-state index in [0.29, 0.717) is 32.9 Å². The third-order valence-electron chi connectivity index (χ3n) is 9.23. The van der Waals surface area contributed by atoms with Crippen molar-refractivity contribution in [2.75, 3.05) is 11.5 Å². The molecule has 4 aromatic carbocycles. The van der Waals surface area contributed by atoms with Gasteiger partial charge in [-0.25, -0.2) is 16.8 Å². The number of pyridine rings is 4. The van der Waals surface area contributed by atoms with Gasteiger partial charge in [0.25, 0.3) is 0 Å². The smallest absolute Gasteiger partial charge is 0.744 e. The standard InChI is InChI=1S/2C13H14N2.2C10H9NO3S.Co.4H2O/c2*1(2-12-4-8-14-9-5-12)3-13-6-10-15-11-7-13;2*11-9-5-6-10(15(12,13)14)8-4-2-1-3-7(8)9;;;;;/h2*4-11H,1-3H2;2*1-6H,11H2,(H,12,13,14);;4*1H2/q;;;;+2;;;;/p+2. The number of anilines is 2. The summed E-state index contributed by atoms with van der Waals surface area (Å²) in [5.41, 5.74) is 17.7. The Morgan fingerprint density at radius 2 is 0.600 bits per heavy atom. The third-order valence-corrected chi connectivity index (χ3v) is 11.0. The summed E-state index contributed by atoms with van der Waals surface area (Å²) in [5, 5.41) is 1.89. The second-order valence-corrected chi connectivity index (χ2v) is 16.1. The van der Waals surface area contributed by atoms with Crippen molar-refractivity contribution in [2.24, 2.45) is 0 Å². The van der Waals surface area contributed by atoms with Crippen molar-refractivity contribution >= 4 is 53.2 Å². The van der Waals surface area contributed by atoms with E-state index >= 15 is 0 Å². The van der Waals surface area contributed by atoms with Crippen LogP contribution in [0.4, 0.5) is 11.4 Å². The molecular weight excluding hydrogens is 920 g/mol. The van der Waals surface area contributed by atoms with E-state index in [-0.39, 0.29) is 48.5 Å². The Balaban J connectivity index is 0.000000819. The van der Waals surface area contributed by atoms with Gasteiger partial charge in [0.1, 0.15) is 20.2 Å².